The van der Waals surface area contributed by atoms with E-state index in [1.165, 1.54) is 6.20 Å². The number of halogens is 1. The first kappa shape index (κ1) is 22.1. The molecule has 0 spiro atoms. The van der Waals surface area contributed by atoms with Gasteiger partial charge in [0.25, 0.3) is 0 Å². The van der Waals surface area contributed by atoms with Crippen molar-refractivity contribution in [1.29, 1.82) is 0 Å². The molecule has 1 atom stereocenters. The van der Waals surface area contributed by atoms with Gasteiger partial charge in [-0.15, -0.1) is 0 Å². The third-order valence-electron chi connectivity index (χ3n) is 6.01. The Labute approximate surface area is 191 Å². The third-order valence-corrected chi connectivity index (χ3v) is 6.23. The quantitative estimate of drug-likeness (QED) is 0.746. The van der Waals surface area contributed by atoms with Gasteiger partial charge in [-0.25, -0.2) is 4.98 Å². The molecule has 0 bridgehead atoms. The van der Waals surface area contributed by atoms with Crippen molar-refractivity contribution in [3.05, 3.63) is 47.6 Å². The maximum atomic E-state index is 13.1. The van der Waals surface area contributed by atoms with Gasteiger partial charge in [0.15, 0.2) is 0 Å². The molecular formula is C23H25ClN4O4. The average Bonchev–Trinajstić information content (AvgIpc) is 3.21. The zero-order chi connectivity index (χ0) is 22.7. The summed E-state index contributed by atoms with van der Waals surface area (Å²) in [6.07, 6.45) is 2.80. The van der Waals surface area contributed by atoms with Gasteiger partial charge in [-0.3, -0.25) is 14.4 Å². The Kier molecular flexibility index (Phi) is 6.60. The minimum Gasteiger partial charge on any atom is -0.495 e. The second-order valence-corrected chi connectivity index (χ2v) is 8.46. The molecular weight excluding hydrogens is 432 g/mol. The topological polar surface area (TPSA) is 91.8 Å². The summed E-state index contributed by atoms with van der Waals surface area (Å²) in [7, 11) is 1.56. The van der Waals surface area contributed by atoms with Crippen LogP contribution in [-0.4, -0.2) is 54.3 Å². The van der Waals surface area contributed by atoms with Gasteiger partial charge in [-0.2, -0.15) is 0 Å². The van der Waals surface area contributed by atoms with Crippen LogP contribution in [0.4, 0.5) is 11.5 Å². The molecule has 0 saturated carbocycles. The molecule has 32 heavy (non-hydrogen) atoms. The summed E-state index contributed by atoms with van der Waals surface area (Å²) in [5.74, 6) is 0.259. The predicted octanol–water partition coefficient (Wildman–Crippen LogP) is 2.97. The Bertz CT molecular complexity index is 1010. The third kappa shape index (κ3) is 4.70. The molecule has 2 saturated heterocycles. The first-order valence-electron chi connectivity index (χ1n) is 10.6. The van der Waals surface area contributed by atoms with Crippen LogP contribution < -0.4 is 15.0 Å². The van der Waals surface area contributed by atoms with E-state index in [4.69, 9.17) is 16.3 Å². The van der Waals surface area contributed by atoms with Crippen LogP contribution in [0.5, 0.6) is 5.75 Å². The monoisotopic (exact) mass is 456 g/mol. The fourth-order valence-electron chi connectivity index (χ4n) is 4.26. The van der Waals surface area contributed by atoms with E-state index in [1.807, 2.05) is 18.2 Å². The van der Waals surface area contributed by atoms with E-state index >= 15 is 0 Å². The normalized spacial score (nSPS) is 19.2. The molecule has 2 fully saturated rings. The fourth-order valence-corrected chi connectivity index (χ4v) is 4.37. The second-order valence-electron chi connectivity index (χ2n) is 8.03. The molecule has 2 aromatic rings. The number of methoxy groups -OCH3 is 1. The Hall–Kier alpha value is -3.13. The van der Waals surface area contributed by atoms with Crippen molar-refractivity contribution in [3.8, 4) is 5.75 Å². The fraction of sp³-hybridized carbons (Fsp3) is 0.391. The maximum Gasteiger partial charge on any atom is 0.228 e. The van der Waals surface area contributed by atoms with Crippen molar-refractivity contribution in [2.75, 3.05) is 37.0 Å². The highest BCUT2D eigenvalue weighted by molar-refractivity contribution is 6.30. The Morgan fingerprint density at radius 2 is 1.88 bits per heavy atom. The number of likely N-dealkylation sites (tertiary alicyclic amines) is 1. The van der Waals surface area contributed by atoms with Crippen LogP contribution in [0.25, 0.3) is 0 Å². The number of rotatable bonds is 5. The van der Waals surface area contributed by atoms with E-state index in [-0.39, 0.29) is 30.1 Å². The molecule has 0 aliphatic carbocycles. The van der Waals surface area contributed by atoms with Crippen molar-refractivity contribution in [1.82, 2.24) is 9.88 Å². The van der Waals surface area contributed by atoms with Crippen LogP contribution in [0.15, 0.2) is 42.6 Å². The summed E-state index contributed by atoms with van der Waals surface area (Å²) in [4.78, 5) is 45.7. The maximum absolute atomic E-state index is 13.1. The summed E-state index contributed by atoms with van der Waals surface area (Å²) >= 11 is 5.82. The zero-order valence-corrected chi connectivity index (χ0v) is 18.5. The van der Waals surface area contributed by atoms with Crippen molar-refractivity contribution in [2.24, 2.45) is 11.8 Å². The number of carbonyl (C=O) groups excluding carboxylic acids is 3. The molecule has 1 unspecified atom stereocenters. The van der Waals surface area contributed by atoms with Gasteiger partial charge < -0.3 is 19.9 Å². The van der Waals surface area contributed by atoms with Gasteiger partial charge in [-0.05, 0) is 37.1 Å². The molecule has 9 heteroatoms. The largest absolute Gasteiger partial charge is 0.495 e. The van der Waals surface area contributed by atoms with Crippen LogP contribution in [0.3, 0.4) is 0 Å². The van der Waals surface area contributed by atoms with Gasteiger partial charge in [0, 0.05) is 38.2 Å². The Balaban J connectivity index is 1.32. The Morgan fingerprint density at radius 1 is 1.12 bits per heavy atom. The molecule has 3 amide bonds. The number of benzene rings is 1. The van der Waals surface area contributed by atoms with E-state index in [2.05, 4.69) is 10.3 Å². The lowest BCUT2D eigenvalue weighted by Crippen LogP contribution is -2.44. The van der Waals surface area contributed by atoms with Crippen LogP contribution in [0.1, 0.15) is 19.3 Å². The Morgan fingerprint density at radius 3 is 2.56 bits per heavy atom. The number of carbonyl (C=O) groups is 3. The average molecular weight is 457 g/mol. The van der Waals surface area contributed by atoms with Gasteiger partial charge in [0.1, 0.15) is 11.6 Å². The van der Waals surface area contributed by atoms with Crippen molar-refractivity contribution >= 4 is 40.8 Å². The van der Waals surface area contributed by atoms with Crippen molar-refractivity contribution in [3.63, 3.8) is 0 Å². The molecule has 1 N–H and O–H groups in total. The highest BCUT2D eigenvalue weighted by atomic mass is 35.5. The standard InChI is InChI=1S/C23H25ClN4O4/c1-32-19-5-3-2-4-18(19)28-14-16(12-21(28)29)23(31)27-10-8-15(9-11-27)22(30)26-20-7-6-17(24)13-25-20/h2-7,13,15-16H,8-12,14H2,1H3,(H,25,26,30). The summed E-state index contributed by atoms with van der Waals surface area (Å²) in [5.41, 5.74) is 0.682. The molecule has 0 radical (unpaired) electrons. The highest BCUT2D eigenvalue weighted by Gasteiger charge is 2.39. The van der Waals surface area contributed by atoms with Gasteiger partial charge >= 0.3 is 0 Å². The zero-order valence-electron chi connectivity index (χ0n) is 17.8. The molecule has 1 aromatic carbocycles. The number of hydrogen-bond acceptors (Lipinski definition) is 5. The number of piperidine rings is 1. The van der Waals surface area contributed by atoms with Gasteiger partial charge in [0.2, 0.25) is 17.7 Å². The summed E-state index contributed by atoms with van der Waals surface area (Å²) < 4.78 is 5.36. The van der Waals surface area contributed by atoms with E-state index < -0.39 is 5.92 Å². The number of nitrogens with zero attached hydrogens (tertiary/aromatic N) is 3. The number of amides is 3. The van der Waals surface area contributed by atoms with Crippen LogP contribution in [0, 0.1) is 11.8 Å². The lowest BCUT2D eigenvalue weighted by Gasteiger charge is -2.32. The van der Waals surface area contributed by atoms with E-state index in [1.54, 1.807) is 35.1 Å². The lowest BCUT2D eigenvalue weighted by atomic mass is 9.94. The van der Waals surface area contributed by atoms with E-state index in [0.717, 1.165) is 0 Å². The SMILES string of the molecule is COc1ccccc1N1CC(C(=O)N2CCC(C(=O)Nc3ccc(Cl)cn3)CC2)CC1=O. The second kappa shape index (κ2) is 9.56. The van der Waals surface area contributed by atoms with Crippen LogP contribution >= 0.6 is 11.6 Å². The van der Waals surface area contributed by atoms with Crippen LogP contribution in [-0.2, 0) is 14.4 Å². The van der Waals surface area contributed by atoms with Crippen molar-refractivity contribution < 1.29 is 19.1 Å². The summed E-state index contributed by atoms with van der Waals surface area (Å²) in [5, 5.41) is 3.31. The van der Waals surface area contributed by atoms with Gasteiger partial charge in [0.05, 0.1) is 23.7 Å². The molecule has 8 nitrogen and oxygen atoms in total. The number of anilines is 2. The summed E-state index contributed by atoms with van der Waals surface area (Å²) in [6, 6.07) is 10.6. The molecule has 3 heterocycles. The first-order chi connectivity index (χ1) is 15.5. The first-order valence-corrected chi connectivity index (χ1v) is 11.0. The smallest absolute Gasteiger partial charge is 0.228 e. The lowest BCUT2D eigenvalue weighted by molar-refractivity contribution is -0.138. The molecule has 2 aliphatic rings. The van der Waals surface area contributed by atoms with Crippen LogP contribution in [0.2, 0.25) is 5.02 Å². The number of pyridine rings is 1. The molecule has 1 aromatic heterocycles. The molecule has 168 valence electrons. The number of hydrogen-bond donors (Lipinski definition) is 1. The minimum atomic E-state index is -0.393. The molecule has 4 rings (SSSR count). The van der Waals surface area contributed by atoms with Crippen molar-refractivity contribution in [2.45, 2.75) is 19.3 Å². The van der Waals surface area contributed by atoms with Gasteiger partial charge in [-0.1, -0.05) is 23.7 Å². The van der Waals surface area contributed by atoms with E-state index in [9.17, 15) is 14.4 Å². The molecule has 2 aliphatic heterocycles. The predicted molar refractivity (Wildman–Crippen MR) is 121 cm³/mol. The number of ether oxygens (including phenoxy) is 1. The summed E-state index contributed by atoms with van der Waals surface area (Å²) in [6.45, 7) is 1.31. The van der Waals surface area contributed by atoms with E-state index in [0.29, 0.717) is 54.8 Å². The number of aromatic nitrogens is 1. The minimum absolute atomic E-state index is 0.0334. The number of para-hydroxylation sites is 2. The highest BCUT2D eigenvalue weighted by Crippen LogP contribution is 2.33. The number of nitrogens with one attached hydrogen (secondary N) is 1.